The summed E-state index contributed by atoms with van der Waals surface area (Å²) in [5.74, 6) is 0.866. The minimum Gasteiger partial charge on any atom is -0.356 e. The molecule has 2 N–H and O–H groups in total. The van der Waals surface area contributed by atoms with Crippen molar-refractivity contribution in [2.24, 2.45) is 4.99 Å². The number of likely N-dealkylation sites (N-methyl/N-ethyl adjacent to an activating group) is 1. The van der Waals surface area contributed by atoms with Gasteiger partial charge in [0.25, 0.3) is 0 Å². The predicted molar refractivity (Wildman–Crippen MR) is 94.8 cm³/mol. The molecule has 0 amide bonds. The van der Waals surface area contributed by atoms with Gasteiger partial charge in [-0.1, -0.05) is 6.92 Å². The Kier molecular flexibility index (Phi) is 11.5. The number of halogens is 1. The highest BCUT2D eigenvalue weighted by Gasteiger charge is 1.98. The van der Waals surface area contributed by atoms with Crippen molar-refractivity contribution in [1.82, 2.24) is 25.3 Å². The summed E-state index contributed by atoms with van der Waals surface area (Å²) in [6.45, 7) is 6.96. The van der Waals surface area contributed by atoms with Gasteiger partial charge >= 0.3 is 0 Å². The zero-order valence-corrected chi connectivity index (χ0v) is 15.0. The molecule has 0 fully saturated rings. The molecule has 0 saturated carbocycles. The number of hydrogen-bond donors (Lipinski definition) is 2. The van der Waals surface area contributed by atoms with E-state index in [1.54, 1.807) is 13.2 Å². The van der Waals surface area contributed by atoms with E-state index in [-0.39, 0.29) is 24.0 Å². The summed E-state index contributed by atoms with van der Waals surface area (Å²) in [5.41, 5.74) is 0. The van der Waals surface area contributed by atoms with E-state index in [1.165, 1.54) is 0 Å². The summed E-state index contributed by atoms with van der Waals surface area (Å²) in [6.07, 6.45) is 4.81. The van der Waals surface area contributed by atoms with E-state index in [2.05, 4.69) is 39.6 Å². The third-order valence-electron chi connectivity index (χ3n) is 2.97. The summed E-state index contributed by atoms with van der Waals surface area (Å²) in [5, 5.41) is 10.8. The lowest BCUT2D eigenvalue weighted by atomic mass is 10.4. The first kappa shape index (κ1) is 19.2. The number of guanidine groups is 1. The molecule has 0 radical (unpaired) electrons. The monoisotopic (exact) mass is 394 g/mol. The van der Waals surface area contributed by atoms with Gasteiger partial charge in [0.1, 0.15) is 0 Å². The van der Waals surface area contributed by atoms with Gasteiger partial charge in [-0.2, -0.15) is 5.10 Å². The number of aliphatic imine (C=N–C) groups is 1. The van der Waals surface area contributed by atoms with Crippen LogP contribution >= 0.6 is 24.0 Å². The van der Waals surface area contributed by atoms with Crippen LogP contribution in [0.5, 0.6) is 0 Å². The Morgan fingerprint density at radius 1 is 1.35 bits per heavy atom. The van der Waals surface area contributed by atoms with E-state index < -0.39 is 0 Å². The summed E-state index contributed by atoms with van der Waals surface area (Å²) >= 11 is 0. The maximum absolute atomic E-state index is 4.20. The zero-order chi connectivity index (χ0) is 13.9. The molecule has 20 heavy (non-hydrogen) atoms. The fourth-order valence-electron chi connectivity index (χ4n) is 1.62. The average Bonchev–Trinajstić information content (AvgIpc) is 2.94. The van der Waals surface area contributed by atoms with Crippen LogP contribution in [0.25, 0.3) is 0 Å². The number of rotatable bonds is 8. The zero-order valence-electron chi connectivity index (χ0n) is 12.7. The molecule has 1 aromatic heterocycles. The van der Waals surface area contributed by atoms with Crippen LogP contribution in [0.2, 0.25) is 0 Å². The Morgan fingerprint density at radius 2 is 2.10 bits per heavy atom. The van der Waals surface area contributed by atoms with E-state index in [0.29, 0.717) is 0 Å². The van der Waals surface area contributed by atoms with Gasteiger partial charge < -0.3 is 15.5 Å². The number of nitrogens with one attached hydrogen (secondary N) is 2. The number of aryl methyl sites for hydroxylation is 1. The van der Waals surface area contributed by atoms with Gasteiger partial charge in [-0.15, -0.1) is 24.0 Å². The second-order valence-electron chi connectivity index (χ2n) is 4.44. The van der Waals surface area contributed by atoms with Gasteiger partial charge in [0.15, 0.2) is 5.96 Å². The third-order valence-corrected chi connectivity index (χ3v) is 2.97. The molecule has 6 nitrogen and oxygen atoms in total. The van der Waals surface area contributed by atoms with Crippen molar-refractivity contribution in [3.05, 3.63) is 18.5 Å². The molecule has 1 rings (SSSR count). The Hall–Kier alpha value is -0.830. The Balaban J connectivity index is 0.00000361. The second-order valence-corrected chi connectivity index (χ2v) is 4.44. The molecule has 0 aliphatic carbocycles. The van der Waals surface area contributed by atoms with Gasteiger partial charge in [-0.25, -0.2) is 0 Å². The molecule has 0 unspecified atom stereocenters. The van der Waals surface area contributed by atoms with Crippen LogP contribution in [0.3, 0.4) is 0 Å². The first-order chi connectivity index (χ1) is 9.26. The van der Waals surface area contributed by atoms with Crippen LogP contribution in [-0.4, -0.2) is 60.9 Å². The van der Waals surface area contributed by atoms with Crippen molar-refractivity contribution >= 4 is 29.9 Å². The molecule has 116 valence electrons. The quantitative estimate of drug-likeness (QED) is 0.299. The maximum atomic E-state index is 4.20. The SMILES string of the molecule is CCN(C)CCNC(=NC)NCCCn1cccn1.I. The normalized spacial score (nSPS) is 11.3. The molecule has 1 heterocycles. The average molecular weight is 394 g/mol. The highest BCUT2D eigenvalue weighted by molar-refractivity contribution is 14.0. The molecule has 0 aliphatic rings. The summed E-state index contributed by atoms with van der Waals surface area (Å²) in [4.78, 5) is 6.46. The lowest BCUT2D eigenvalue weighted by Gasteiger charge is -2.16. The van der Waals surface area contributed by atoms with E-state index in [9.17, 15) is 0 Å². The van der Waals surface area contributed by atoms with E-state index in [1.807, 2.05) is 16.9 Å². The second kappa shape index (κ2) is 12.0. The van der Waals surface area contributed by atoms with Crippen LogP contribution in [0, 0.1) is 0 Å². The van der Waals surface area contributed by atoms with Gasteiger partial charge in [-0.3, -0.25) is 9.67 Å². The van der Waals surface area contributed by atoms with Crippen LogP contribution in [-0.2, 0) is 6.54 Å². The molecule has 0 aliphatic heterocycles. The Morgan fingerprint density at radius 3 is 2.70 bits per heavy atom. The fraction of sp³-hybridized carbons (Fsp3) is 0.692. The summed E-state index contributed by atoms with van der Waals surface area (Å²) in [7, 11) is 3.91. The highest BCUT2D eigenvalue weighted by Crippen LogP contribution is 1.87. The fourth-order valence-corrected chi connectivity index (χ4v) is 1.62. The first-order valence-corrected chi connectivity index (χ1v) is 6.86. The minimum atomic E-state index is 0. The molecule has 0 aromatic carbocycles. The van der Waals surface area contributed by atoms with Crippen molar-refractivity contribution in [2.75, 3.05) is 40.3 Å². The lowest BCUT2D eigenvalue weighted by Crippen LogP contribution is -2.41. The lowest BCUT2D eigenvalue weighted by molar-refractivity contribution is 0.357. The van der Waals surface area contributed by atoms with Crippen LogP contribution in [0.1, 0.15) is 13.3 Å². The van der Waals surface area contributed by atoms with Crippen molar-refractivity contribution in [2.45, 2.75) is 19.9 Å². The molecular formula is C13H27IN6. The number of nitrogens with zero attached hydrogens (tertiary/aromatic N) is 4. The van der Waals surface area contributed by atoms with Gasteiger partial charge in [0.2, 0.25) is 0 Å². The van der Waals surface area contributed by atoms with Crippen molar-refractivity contribution in [3.63, 3.8) is 0 Å². The van der Waals surface area contributed by atoms with Crippen LogP contribution in [0.15, 0.2) is 23.5 Å². The number of aromatic nitrogens is 2. The minimum absolute atomic E-state index is 0. The Bertz CT molecular complexity index is 352. The van der Waals surface area contributed by atoms with Crippen molar-refractivity contribution < 1.29 is 0 Å². The summed E-state index contributed by atoms with van der Waals surface area (Å²) < 4.78 is 1.94. The van der Waals surface area contributed by atoms with Gasteiger partial charge in [0, 0.05) is 45.6 Å². The molecule has 0 atom stereocenters. The number of hydrogen-bond acceptors (Lipinski definition) is 3. The highest BCUT2D eigenvalue weighted by atomic mass is 127. The summed E-state index contributed by atoms with van der Waals surface area (Å²) in [6, 6.07) is 1.94. The maximum Gasteiger partial charge on any atom is 0.191 e. The molecule has 7 heteroatoms. The van der Waals surface area contributed by atoms with Crippen molar-refractivity contribution in [1.29, 1.82) is 0 Å². The molecule has 0 spiro atoms. The van der Waals surface area contributed by atoms with E-state index >= 15 is 0 Å². The standard InChI is InChI=1S/C13H26N6.HI/c1-4-18(3)12-9-16-13(14-2)15-7-5-10-19-11-6-8-17-19;/h6,8,11H,4-5,7,9-10,12H2,1-3H3,(H2,14,15,16);1H. The van der Waals surface area contributed by atoms with E-state index in [0.717, 1.165) is 45.1 Å². The molecular weight excluding hydrogens is 367 g/mol. The van der Waals surface area contributed by atoms with Crippen molar-refractivity contribution in [3.8, 4) is 0 Å². The molecule has 1 aromatic rings. The smallest absolute Gasteiger partial charge is 0.191 e. The largest absolute Gasteiger partial charge is 0.356 e. The Labute approximate surface area is 139 Å². The topological polar surface area (TPSA) is 57.5 Å². The van der Waals surface area contributed by atoms with Gasteiger partial charge in [0.05, 0.1) is 0 Å². The molecule has 0 saturated heterocycles. The van der Waals surface area contributed by atoms with Crippen LogP contribution in [0.4, 0.5) is 0 Å². The predicted octanol–water partition coefficient (Wildman–Crippen LogP) is 1.01. The van der Waals surface area contributed by atoms with E-state index in [4.69, 9.17) is 0 Å². The third kappa shape index (κ3) is 8.36. The first-order valence-electron chi connectivity index (χ1n) is 6.86. The molecule has 0 bridgehead atoms. The van der Waals surface area contributed by atoms with Crippen LogP contribution < -0.4 is 10.6 Å². The van der Waals surface area contributed by atoms with Gasteiger partial charge in [-0.05, 0) is 26.1 Å².